The Balaban J connectivity index is 1.87. The molecule has 130 valence electrons. The average Bonchev–Trinajstić information content (AvgIpc) is 2.61. The number of nitrogens with one attached hydrogen (secondary N) is 1. The molecule has 0 aliphatic rings. The highest BCUT2D eigenvalue weighted by Gasteiger charge is 2.12. The van der Waals surface area contributed by atoms with Gasteiger partial charge in [-0.15, -0.1) is 0 Å². The molecule has 0 aromatic heterocycles. The smallest absolute Gasteiger partial charge is 0.338 e. The maximum atomic E-state index is 12.0. The highest BCUT2D eigenvalue weighted by Crippen LogP contribution is 2.15. The van der Waals surface area contributed by atoms with E-state index in [1.807, 2.05) is 6.92 Å². The molecule has 0 spiro atoms. The number of rotatable bonds is 7. The number of Topliss-reactive ketones (excluding diaryl/α,β-unsaturated/α-hetero) is 1. The number of benzene rings is 2. The van der Waals surface area contributed by atoms with E-state index in [9.17, 15) is 14.4 Å². The number of ketones is 1. The molecule has 2 aromatic rings. The van der Waals surface area contributed by atoms with Crippen LogP contribution in [-0.4, -0.2) is 30.9 Å². The van der Waals surface area contributed by atoms with Crippen molar-refractivity contribution in [3.8, 4) is 5.75 Å². The number of hydrogen-bond donors (Lipinski definition) is 1. The van der Waals surface area contributed by atoms with Gasteiger partial charge in [0.25, 0.3) is 5.91 Å². The number of anilines is 1. The van der Waals surface area contributed by atoms with Crippen molar-refractivity contribution >= 4 is 23.3 Å². The second kappa shape index (κ2) is 8.63. The fraction of sp³-hybridized carbons (Fsp3) is 0.211. The summed E-state index contributed by atoms with van der Waals surface area (Å²) < 4.78 is 10.3. The number of carbonyl (C=O) groups excluding carboxylic acids is 3. The summed E-state index contributed by atoms with van der Waals surface area (Å²) in [5, 5.41) is 2.62. The first-order chi connectivity index (χ1) is 12.0. The van der Waals surface area contributed by atoms with Crippen molar-refractivity contribution in [2.45, 2.75) is 13.8 Å². The fourth-order valence-corrected chi connectivity index (χ4v) is 2.08. The van der Waals surface area contributed by atoms with Crippen molar-refractivity contribution in [2.24, 2.45) is 0 Å². The van der Waals surface area contributed by atoms with E-state index in [-0.39, 0.29) is 11.3 Å². The first-order valence-electron chi connectivity index (χ1n) is 7.80. The Kier molecular flexibility index (Phi) is 6.28. The summed E-state index contributed by atoms with van der Waals surface area (Å²) >= 11 is 0. The minimum Gasteiger partial charge on any atom is -0.494 e. The predicted molar refractivity (Wildman–Crippen MR) is 93.0 cm³/mol. The molecule has 1 N–H and O–H groups in total. The molecule has 1 amide bonds. The van der Waals surface area contributed by atoms with Gasteiger partial charge in [0.2, 0.25) is 0 Å². The lowest BCUT2D eigenvalue weighted by molar-refractivity contribution is -0.119. The number of hydrogen-bond acceptors (Lipinski definition) is 5. The van der Waals surface area contributed by atoms with E-state index in [4.69, 9.17) is 9.47 Å². The van der Waals surface area contributed by atoms with Crippen LogP contribution in [0, 0.1) is 0 Å². The Bertz CT molecular complexity index is 768. The number of esters is 1. The van der Waals surface area contributed by atoms with E-state index >= 15 is 0 Å². The molecular formula is C19H19NO5. The molecule has 0 saturated heterocycles. The van der Waals surface area contributed by atoms with Crippen LogP contribution < -0.4 is 10.1 Å². The molecule has 0 saturated carbocycles. The Morgan fingerprint density at radius 1 is 1.00 bits per heavy atom. The largest absolute Gasteiger partial charge is 0.494 e. The van der Waals surface area contributed by atoms with Crippen LogP contribution in [0.15, 0.2) is 48.5 Å². The molecule has 0 atom stereocenters. The third-order valence-corrected chi connectivity index (χ3v) is 3.29. The highest BCUT2D eigenvalue weighted by atomic mass is 16.5. The van der Waals surface area contributed by atoms with Crippen LogP contribution in [0.3, 0.4) is 0 Å². The molecule has 0 aliphatic heterocycles. The van der Waals surface area contributed by atoms with E-state index in [1.165, 1.54) is 19.1 Å². The van der Waals surface area contributed by atoms with Gasteiger partial charge in [-0.3, -0.25) is 9.59 Å². The summed E-state index contributed by atoms with van der Waals surface area (Å²) in [7, 11) is 0. The third-order valence-electron chi connectivity index (χ3n) is 3.29. The van der Waals surface area contributed by atoms with Gasteiger partial charge >= 0.3 is 5.97 Å². The lowest BCUT2D eigenvalue weighted by atomic mass is 10.1. The average molecular weight is 341 g/mol. The molecule has 0 fully saturated rings. The Morgan fingerprint density at radius 3 is 2.32 bits per heavy atom. The minimum absolute atomic E-state index is 0.150. The van der Waals surface area contributed by atoms with Crippen molar-refractivity contribution < 1.29 is 23.9 Å². The predicted octanol–water partition coefficient (Wildman–Crippen LogP) is 3.08. The summed E-state index contributed by atoms with van der Waals surface area (Å²) in [5.41, 5.74) is 1.21. The zero-order valence-corrected chi connectivity index (χ0v) is 14.1. The Labute approximate surface area is 145 Å². The molecule has 0 aliphatic carbocycles. The highest BCUT2D eigenvalue weighted by molar-refractivity contribution is 5.99. The topological polar surface area (TPSA) is 81.7 Å². The van der Waals surface area contributed by atoms with E-state index in [1.54, 1.807) is 36.4 Å². The molecule has 6 heteroatoms. The number of carbonyl (C=O) groups is 3. The van der Waals surface area contributed by atoms with Crippen LogP contribution in [0.1, 0.15) is 34.6 Å². The first kappa shape index (κ1) is 18.2. The van der Waals surface area contributed by atoms with Crippen molar-refractivity contribution in [2.75, 3.05) is 18.5 Å². The number of amides is 1. The fourth-order valence-electron chi connectivity index (χ4n) is 2.08. The van der Waals surface area contributed by atoms with Crippen molar-refractivity contribution in [3.63, 3.8) is 0 Å². The summed E-state index contributed by atoms with van der Waals surface area (Å²) in [4.78, 5) is 35.2. The molecule has 25 heavy (non-hydrogen) atoms. The monoisotopic (exact) mass is 341 g/mol. The van der Waals surface area contributed by atoms with Gasteiger partial charge in [0.05, 0.1) is 12.2 Å². The minimum atomic E-state index is -0.662. The molecule has 0 unspecified atom stereocenters. The SMILES string of the molecule is CCOc1ccc(NC(=O)COC(=O)c2cccc(C(C)=O)c2)cc1. The first-order valence-corrected chi connectivity index (χ1v) is 7.80. The van der Waals surface area contributed by atoms with E-state index < -0.39 is 18.5 Å². The maximum Gasteiger partial charge on any atom is 0.338 e. The van der Waals surface area contributed by atoms with Gasteiger partial charge < -0.3 is 14.8 Å². The van der Waals surface area contributed by atoms with Crippen LogP contribution in [0.25, 0.3) is 0 Å². The van der Waals surface area contributed by atoms with Crippen molar-refractivity contribution in [1.82, 2.24) is 0 Å². The van der Waals surface area contributed by atoms with Gasteiger partial charge in [-0.05, 0) is 50.2 Å². The molecule has 0 bridgehead atoms. The second-order valence-electron chi connectivity index (χ2n) is 5.22. The van der Waals surface area contributed by atoms with Gasteiger partial charge in [-0.2, -0.15) is 0 Å². The zero-order valence-electron chi connectivity index (χ0n) is 14.1. The Hall–Kier alpha value is -3.15. The van der Waals surface area contributed by atoms with Gasteiger partial charge in [-0.25, -0.2) is 4.79 Å². The lowest BCUT2D eigenvalue weighted by Gasteiger charge is -2.08. The standard InChI is InChI=1S/C19H19NO5/c1-3-24-17-9-7-16(8-10-17)20-18(22)12-25-19(23)15-6-4-5-14(11-15)13(2)21/h4-11H,3,12H2,1-2H3,(H,20,22). The second-order valence-corrected chi connectivity index (χ2v) is 5.22. The van der Waals surface area contributed by atoms with Gasteiger partial charge in [0.15, 0.2) is 12.4 Å². The molecule has 2 rings (SSSR count). The van der Waals surface area contributed by atoms with Crippen LogP contribution >= 0.6 is 0 Å². The maximum absolute atomic E-state index is 12.0. The molecular weight excluding hydrogens is 322 g/mol. The van der Waals surface area contributed by atoms with Crippen molar-refractivity contribution in [3.05, 3.63) is 59.7 Å². The Morgan fingerprint density at radius 2 is 1.68 bits per heavy atom. The molecule has 6 nitrogen and oxygen atoms in total. The summed E-state index contributed by atoms with van der Waals surface area (Å²) in [6.07, 6.45) is 0. The van der Waals surface area contributed by atoms with Gasteiger partial charge in [-0.1, -0.05) is 12.1 Å². The van der Waals surface area contributed by atoms with Crippen LogP contribution in [0.4, 0.5) is 5.69 Å². The molecule has 2 aromatic carbocycles. The number of ether oxygens (including phenoxy) is 2. The van der Waals surface area contributed by atoms with Crippen molar-refractivity contribution in [1.29, 1.82) is 0 Å². The normalized spacial score (nSPS) is 10.0. The van der Waals surface area contributed by atoms with Gasteiger partial charge in [0.1, 0.15) is 5.75 Å². The van der Waals surface area contributed by atoms with E-state index in [0.717, 1.165) is 0 Å². The van der Waals surface area contributed by atoms with Crippen LogP contribution in [-0.2, 0) is 9.53 Å². The van der Waals surface area contributed by atoms with Gasteiger partial charge in [0, 0.05) is 11.3 Å². The van der Waals surface area contributed by atoms with Crippen LogP contribution in [0.5, 0.6) is 5.75 Å². The lowest BCUT2D eigenvalue weighted by Crippen LogP contribution is -2.21. The molecule has 0 heterocycles. The van der Waals surface area contributed by atoms with E-state index in [2.05, 4.69) is 5.32 Å². The third kappa shape index (κ3) is 5.46. The summed E-state index contributed by atoms with van der Waals surface area (Å²) in [5.74, 6) is -0.564. The van der Waals surface area contributed by atoms with E-state index in [0.29, 0.717) is 23.6 Å². The summed E-state index contributed by atoms with van der Waals surface area (Å²) in [6, 6.07) is 13.0. The summed E-state index contributed by atoms with van der Waals surface area (Å²) in [6.45, 7) is 3.44. The van der Waals surface area contributed by atoms with Crippen LogP contribution in [0.2, 0.25) is 0 Å². The zero-order chi connectivity index (χ0) is 18.2. The quantitative estimate of drug-likeness (QED) is 0.618. The molecule has 0 radical (unpaired) electrons.